The first kappa shape index (κ1) is 24.2. The highest BCUT2D eigenvalue weighted by Gasteiger charge is 2.30. The summed E-state index contributed by atoms with van der Waals surface area (Å²) in [4.78, 5) is 17.4. The zero-order valence-electron chi connectivity index (χ0n) is 19.8. The smallest absolute Gasteiger partial charge is 0.276 e. The molecule has 186 valence electrons. The number of morpholine rings is 1. The van der Waals surface area contributed by atoms with E-state index >= 15 is 0 Å². The highest BCUT2D eigenvalue weighted by Crippen LogP contribution is 2.28. The number of rotatable bonds is 5. The van der Waals surface area contributed by atoms with Gasteiger partial charge in [-0.3, -0.25) is 4.79 Å². The van der Waals surface area contributed by atoms with Crippen LogP contribution in [0.5, 0.6) is 5.75 Å². The molecule has 9 nitrogen and oxygen atoms in total. The average Bonchev–Trinajstić information content (AvgIpc) is 3.24. The number of ether oxygens (including phenoxy) is 2. The van der Waals surface area contributed by atoms with E-state index in [-0.39, 0.29) is 18.1 Å². The van der Waals surface area contributed by atoms with E-state index in [0.29, 0.717) is 46.8 Å². The summed E-state index contributed by atoms with van der Waals surface area (Å²) in [7, 11) is 0. The molecule has 0 spiro atoms. The number of halogens is 2. The minimum absolute atomic E-state index is 0.0517. The third-order valence-electron chi connectivity index (χ3n) is 6.54. The van der Waals surface area contributed by atoms with Crippen molar-refractivity contribution in [1.82, 2.24) is 29.6 Å². The monoisotopic (exact) mass is 518 g/mol. The predicted octanol–water partition coefficient (Wildman–Crippen LogP) is 3.43. The third kappa shape index (κ3) is 5.38. The molecule has 1 atom stereocenters. The highest BCUT2D eigenvalue weighted by atomic mass is 35.5. The maximum atomic E-state index is 13.2. The molecule has 2 aromatic heterocycles. The summed E-state index contributed by atoms with van der Waals surface area (Å²) in [6.45, 7) is 7.88. The van der Waals surface area contributed by atoms with Crippen LogP contribution in [-0.4, -0.2) is 87.1 Å². The fourth-order valence-corrected chi connectivity index (χ4v) is 4.97. The van der Waals surface area contributed by atoms with Crippen LogP contribution in [0, 0.1) is 13.8 Å². The highest BCUT2D eigenvalue weighted by molar-refractivity contribution is 6.42. The number of carbonyl (C=O) groups excluding carboxylic acids is 1. The van der Waals surface area contributed by atoms with Gasteiger partial charge in [-0.25, -0.2) is 4.52 Å². The molecule has 3 aromatic rings. The normalized spacial score (nSPS) is 19.9. The van der Waals surface area contributed by atoms with Gasteiger partial charge < -0.3 is 19.3 Å². The van der Waals surface area contributed by atoms with Gasteiger partial charge in [-0.05, 0) is 38.8 Å². The van der Waals surface area contributed by atoms with Crippen molar-refractivity contribution in [1.29, 1.82) is 0 Å². The molecule has 0 bridgehead atoms. The molecular formula is C24H28Cl2N6O3. The van der Waals surface area contributed by atoms with Crippen LogP contribution in [0.2, 0.25) is 10.0 Å². The summed E-state index contributed by atoms with van der Waals surface area (Å²) in [5.74, 6) is 0.608. The van der Waals surface area contributed by atoms with Crippen molar-refractivity contribution in [2.24, 2.45) is 0 Å². The van der Waals surface area contributed by atoms with E-state index in [9.17, 15) is 4.79 Å². The minimum Gasteiger partial charge on any atom is -0.490 e. The van der Waals surface area contributed by atoms with Crippen molar-refractivity contribution in [3.05, 3.63) is 51.4 Å². The lowest BCUT2D eigenvalue weighted by Gasteiger charge is -2.38. The van der Waals surface area contributed by atoms with Gasteiger partial charge in [0.25, 0.3) is 5.91 Å². The van der Waals surface area contributed by atoms with Crippen molar-refractivity contribution in [2.45, 2.75) is 38.9 Å². The van der Waals surface area contributed by atoms with Crippen LogP contribution in [0.15, 0.2) is 24.3 Å². The van der Waals surface area contributed by atoms with Crippen molar-refractivity contribution in [2.75, 3.05) is 39.3 Å². The minimum atomic E-state index is -0.132. The van der Waals surface area contributed by atoms with E-state index in [1.165, 1.54) is 0 Å². The summed E-state index contributed by atoms with van der Waals surface area (Å²) in [6, 6.07) is 7.20. The Morgan fingerprint density at radius 3 is 2.69 bits per heavy atom. The van der Waals surface area contributed by atoms with Gasteiger partial charge in [0.2, 0.25) is 0 Å². The van der Waals surface area contributed by atoms with Gasteiger partial charge >= 0.3 is 0 Å². The first-order chi connectivity index (χ1) is 16.9. The molecular weight excluding hydrogens is 491 g/mol. The van der Waals surface area contributed by atoms with E-state index < -0.39 is 0 Å². The van der Waals surface area contributed by atoms with Gasteiger partial charge in [-0.15, -0.1) is 10.2 Å². The van der Waals surface area contributed by atoms with Crippen LogP contribution in [0.3, 0.4) is 0 Å². The number of hydrogen-bond donors (Lipinski definition) is 0. The number of nitrogens with zero attached hydrogens (tertiary/aromatic N) is 6. The number of carbonyl (C=O) groups is 1. The quantitative estimate of drug-likeness (QED) is 0.511. The van der Waals surface area contributed by atoms with Crippen LogP contribution in [-0.2, 0) is 4.74 Å². The molecule has 2 fully saturated rings. The molecule has 2 saturated heterocycles. The van der Waals surface area contributed by atoms with Gasteiger partial charge in [0.15, 0.2) is 11.3 Å². The molecule has 2 aliphatic heterocycles. The number of amides is 1. The van der Waals surface area contributed by atoms with E-state index in [1.54, 1.807) is 16.6 Å². The Hall–Kier alpha value is -2.46. The lowest BCUT2D eigenvalue weighted by Crippen LogP contribution is -2.51. The van der Waals surface area contributed by atoms with Gasteiger partial charge in [0.05, 0.1) is 34.1 Å². The predicted molar refractivity (Wildman–Crippen MR) is 132 cm³/mol. The molecule has 11 heteroatoms. The number of aromatic nitrogens is 4. The molecule has 5 rings (SSSR count). The van der Waals surface area contributed by atoms with Crippen molar-refractivity contribution >= 4 is 34.8 Å². The van der Waals surface area contributed by atoms with Crippen LogP contribution in [0.25, 0.3) is 5.65 Å². The molecule has 0 aliphatic carbocycles. The van der Waals surface area contributed by atoms with Crippen LogP contribution < -0.4 is 4.74 Å². The molecule has 1 amide bonds. The first-order valence-corrected chi connectivity index (χ1v) is 12.6. The Bertz CT molecular complexity index is 1230. The van der Waals surface area contributed by atoms with Crippen molar-refractivity contribution in [3.8, 4) is 5.75 Å². The summed E-state index contributed by atoms with van der Waals surface area (Å²) in [5, 5.41) is 13.8. The van der Waals surface area contributed by atoms with Gasteiger partial charge in [0, 0.05) is 44.9 Å². The second-order valence-corrected chi connectivity index (χ2v) is 9.94. The molecule has 1 aromatic carbocycles. The Balaban J connectivity index is 1.15. The summed E-state index contributed by atoms with van der Waals surface area (Å²) in [6.07, 6.45) is 1.90. The number of fused-ring (bicyclic) bond motifs is 1. The maximum Gasteiger partial charge on any atom is 0.276 e. The summed E-state index contributed by atoms with van der Waals surface area (Å²) < 4.78 is 13.8. The van der Waals surface area contributed by atoms with Gasteiger partial charge in [0.1, 0.15) is 11.9 Å². The maximum absolute atomic E-state index is 13.2. The lowest BCUT2D eigenvalue weighted by molar-refractivity contribution is -0.0416. The molecule has 0 N–H and O–H groups in total. The fraction of sp³-hybridized carbons (Fsp3) is 0.500. The lowest BCUT2D eigenvalue weighted by atomic mass is 10.1. The van der Waals surface area contributed by atoms with Gasteiger partial charge in [-0.1, -0.05) is 23.2 Å². The van der Waals surface area contributed by atoms with E-state index in [4.69, 9.17) is 32.7 Å². The van der Waals surface area contributed by atoms with Gasteiger partial charge in [-0.2, -0.15) is 5.10 Å². The topological polar surface area (TPSA) is 85.1 Å². The number of piperidine rings is 1. The first-order valence-electron chi connectivity index (χ1n) is 11.8. The molecule has 35 heavy (non-hydrogen) atoms. The SMILES string of the molecule is Cc1cc2nnc(C(=O)N3CCOC(CN4CCC(Oc5ccc(Cl)c(Cl)c5)CC4)C3)c(C)n2n1. The zero-order valence-corrected chi connectivity index (χ0v) is 21.3. The molecule has 2 aliphatic rings. The fourth-order valence-electron chi connectivity index (χ4n) is 4.68. The number of hydrogen-bond acceptors (Lipinski definition) is 7. The Morgan fingerprint density at radius 1 is 1.11 bits per heavy atom. The molecule has 0 saturated carbocycles. The number of likely N-dealkylation sites (tertiary alicyclic amines) is 1. The Labute approximate surface area is 213 Å². The van der Waals surface area contributed by atoms with E-state index in [1.807, 2.05) is 30.9 Å². The number of benzene rings is 1. The number of aryl methyl sites for hydroxylation is 2. The standard InChI is InChI=1S/C24H28Cl2N6O3/c1-15-11-22-27-28-23(16(2)32(22)29-15)24(33)31-9-10-34-19(14-31)13-30-7-5-17(6-8-30)35-18-3-4-20(25)21(26)12-18/h3-4,11-12,17,19H,5-10,13-14H2,1-2H3. The second-order valence-electron chi connectivity index (χ2n) is 9.13. The van der Waals surface area contributed by atoms with Crippen LogP contribution >= 0.6 is 23.2 Å². The van der Waals surface area contributed by atoms with E-state index in [2.05, 4.69) is 20.2 Å². The van der Waals surface area contributed by atoms with Crippen LogP contribution in [0.1, 0.15) is 34.7 Å². The average molecular weight is 519 g/mol. The molecule has 4 heterocycles. The van der Waals surface area contributed by atoms with Crippen molar-refractivity contribution < 1.29 is 14.3 Å². The zero-order chi connectivity index (χ0) is 24.5. The Morgan fingerprint density at radius 2 is 1.91 bits per heavy atom. The summed E-state index contributed by atoms with van der Waals surface area (Å²) >= 11 is 12.1. The van der Waals surface area contributed by atoms with Crippen molar-refractivity contribution in [3.63, 3.8) is 0 Å². The third-order valence-corrected chi connectivity index (χ3v) is 7.28. The van der Waals surface area contributed by atoms with Crippen LogP contribution in [0.4, 0.5) is 0 Å². The molecule has 0 radical (unpaired) electrons. The van der Waals surface area contributed by atoms with E-state index in [0.717, 1.165) is 43.9 Å². The molecule has 1 unspecified atom stereocenters. The Kier molecular flexibility index (Phi) is 7.11. The second kappa shape index (κ2) is 10.3. The largest absolute Gasteiger partial charge is 0.490 e. The summed E-state index contributed by atoms with van der Waals surface area (Å²) in [5.41, 5.74) is 2.51.